The van der Waals surface area contributed by atoms with Crippen molar-refractivity contribution >= 4 is 54.5 Å². The van der Waals surface area contributed by atoms with E-state index in [0.717, 1.165) is 51.3 Å². The summed E-state index contributed by atoms with van der Waals surface area (Å²) in [5.74, 6) is -1.06. The van der Waals surface area contributed by atoms with E-state index in [1.54, 1.807) is 7.11 Å². The van der Waals surface area contributed by atoms with E-state index in [0.29, 0.717) is 69.5 Å². The van der Waals surface area contributed by atoms with Crippen LogP contribution in [0.1, 0.15) is 76.0 Å². The van der Waals surface area contributed by atoms with E-state index in [2.05, 4.69) is 54.4 Å². The van der Waals surface area contributed by atoms with Crippen molar-refractivity contribution in [1.29, 1.82) is 0 Å². The first-order chi connectivity index (χ1) is 28.7. The number of methoxy groups -OCH3 is 3. The Hall–Kier alpha value is -3.82. The lowest BCUT2D eigenvalue weighted by molar-refractivity contribution is -0.178. The highest BCUT2D eigenvalue weighted by molar-refractivity contribution is 7.80. The normalized spacial score (nSPS) is 39.0. The molecule has 0 amide bonds. The molecule has 1 aliphatic carbocycles. The van der Waals surface area contributed by atoms with Crippen molar-refractivity contribution in [3.05, 3.63) is 64.6 Å². The summed E-state index contributed by atoms with van der Waals surface area (Å²) in [6.45, 7) is 8.90. The molecule has 2 spiro atoms. The van der Waals surface area contributed by atoms with Crippen LogP contribution in [-0.2, 0) is 44.2 Å². The number of ether oxygens (including phenoxy) is 5. The predicted octanol–water partition coefficient (Wildman–Crippen LogP) is 3.72. The molecule has 1 radical (unpaired) electrons. The zero-order valence-corrected chi connectivity index (χ0v) is 36.5. The number of rotatable bonds is 7. The highest BCUT2D eigenvalue weighted by Gasteiger charge is 2.98. The lowest BCUT2D eigenvalue weighted by Crippen LogP contribution is -2.75. The van der Waals surface area contributed by atoms with Crippen LogP contribution in [0.2, 0.25) is 0 Å². The van der Waals surface area contributed by atoms with Crippen LogP contribution in [0.3, 0.4) is 0 Å². The summed E-state index contributed by atoms with van der Waals surface area (Å²) in [6, 6.07) is 10.1. The van der Waals surface area contributed by atoms with Crippen molar-refractivity contribution in [2.75, 3.05) is 66.0 Å². The number of anilines is 1. The molecule has 10 atom stereocenters. The van der Waals surface area contributed by atoms with Gasteiger partial charge in [0.05, 0.1) is 32.3 Å². The number of esters is 3. The average Bonchev–Trinajstić information content (AvgIpc) is 3.49. The lowest BCUT2D eigenvalue weighted by Gasteiger charge is -2.58. The van der Waals surface area contributed by atoms with Crippen molar-refractivity contribution in [3.8, 4) is 5.75 Å². The van der Waals surface area contributed by atoms with Gasteiger partial charge in [-0.2, -0.15) is 0 Å². The Morgan fingerprint density at radius 3 is 2.50 bits per heavy atom. The summed E-state index contributed by atoms with van der Waals surface area (Å²) in [5.41, 5.74) is -0.488. The van der Waals surface area contributed by atoms with Crippen LogP contribution >= 0.6 is 12.6 Å². The second kappa shape index (κ2) is 13.3. The molecule has 4 fully saturated rings. The molecule has 317 valence electrons. The van der Waals surface area contributed by atoms with Crippen LogP contribution in [-0.4, -0.2) is 130 Å². The zero-order valence-electron chi connectivity index (χ0n) is 35.6. The van der Waals surface area contributed by atoms with Crippen LogP contribution in [0.15, 0.2) is 52.9 Å². The molecule has 1 unspecified atom stereocenters. The Morgan fingerprint density at radius 1 is 1.02 bits per heavy atom. The number of fused-ring (bicyclic) bond motifs is 5. The molecule has 12 nitrogen and oxygen atoms in total. The van der Waals surface area contributed by atoms with Gasteiger partial charge < -0.3 is 33.7 Å². The third kappa shape index (κ3) is 4.72. The SMILES string of the molecule is CC[C@]1(O)C[C@H]2CN(CCC3=C([B]c4ccc(S)cc43)[C@@](C(=O)OC)(c3cc4c(cc3OC)N(C)[C@@]35O[C@]3(C(=O)OC)[C@H](OC(C)=O)[C@]3(CC)C=CCN6CC[C@]45[C@@H]63)C2)C1. The van der Waals surface area contributed by atoms with Gasteiger partial charge in [0.1, 0.15) is 11.2 Å². The van der Waals surface area contributed by atoms with Crippen LogP contribution in [0.4, 0.5) is 5.69 Å². The number of hydrogen-bond acceptors (Lipinski definition) is 13. The highest BCUT2D eigenvalue weighted by atomic mass is 32.1. The van der Waals surface area contributed by atoms with Gasteiger partial charge in [-0.25, -0.2) is 4.79 Å². The Morgan fingerprint density at radius 2 is 1.80 bits per heavy atom. The average molecular weight is 837 g/mol. The number of nitrogens with zero attached hydrogens (tertiary/aromatic N) is 3. The number of thiol groups is 1. The monoisotopic (exact) mass is 836 g/mol. The maximum Gasteiger partial charge on any atom is 0.347 e. The second-order valence-electron chi connectivity index (χ2n) is 18.6. The number of hydrogen-bond donors (Lipinski definition) is 2. The molecule has 10 rings (SSSR count). The fraction of sp³-hybridized carbons (Fsp3) is 0.587. The van der Waals surface area contributed by atoms with Gasteiger partial charge in [0.15, 0.2) is 19.1 Å². The maximum absolute atomic E-state index is 15.4. The molecule has 8 aliphatic rings. The van der Waals surface area contributed by atoms with Gasteiger partial charge in [0, 0.05) is 73.8 Å². The van der Waals surface area contributed by atoms with Crippen molar-refractivity contribution in [1.82, 2.24) is 9.80 Å². The minimum Gasteiger partial charge on any atom is -0.496 e. The number of likely N-dealkylation sites (N-methyl/N-ethyl adjacent to an activating group) is 1. The summed E-state index contributed by atoms with van der Waals surface area (Å²) in [4.78, 5) is 50.8. The van der Waals surface area contributed by atoms with Crippen molar-refractivity contribution in [2.45, 2.75) is 104 Å². The Labute approximate surface area is 358 Å². The fourth-order valence-electron chi connectivity index (χ4n) is 14.1. The van der Waals surface area contributed by atoms with Gasteiger partial charge in [-0.1, -0.05) is 43.0 Å². The third-order valence-corrected chi connectivity index (χ3v) is 16.5. The number of benzene rings is 2. The van der Waals surface area contributed by atoms with Crippen molar-refractivity contribution in [3.63, 3.8) is 0 Å². The number of carbonyl (C=O) groups excluding carboxylic acids is 3. The molecule has 14 heteroatoms. The number of carbonyl (C=O) groups is 3. The summed E-state index contributed by atoms with van der Waals surface area (Å²) in [7, 11) is 8.55. The zero-order chi connectivity index (χ0) is 42.4. The van der Waals surface area contributed by atoms with Crippen molar-refractivity contribution < 1.29 is 43.2 Å². The van der Waals surface area contributed by atoms with Crippen molar-refractivity contribution in [2.24, 2.45) is 11.3 Å². The molecule has 2 bridgehead atoms. The molecule has 1 saturated carbocycles. The van der Waals surface area contributed by atoms with Crippen LogP contribution in [0.5, 0.6) is 5.75 Å². The predicted molar refractivity (Wildman–Crippen MR) is 228 cm³/mol. The molecule has 3 saturated heterocycles. The van der Waals surface area contributed by atoms with Gasteiger partial charge in [-0.15, -0.1) is 12.6 Å². The van der Waals surface area contributed by atoms with Gasteiger partial charge >= 0.3 is 17.9 Å². The molecule has 0 aromatic heterocycles. The standard InChI is InChI=1S/C46H55BN3O9S/c1-8-41(54)22-27-23-43(39(52)56-6,36-29(13-17-49(24-27)25-41)30-19-28(60)11-12-33(30)47-36)32-20-31-34(21-35(32)55-5)48(4)46-44(31)15-18-50-16-10-14-42(9-2,37(44)50)38(58-26(3)51)45(46,59-46)40(53)57-7/h10-12,14,19-21,27,37-38,54,60H,8-9,13,15-18,22-25H2,1-7H3/t27-,37+,38-,41+,42-,43+,44-,45+,46+/m1/s1. The van der Waals surface area contributed by atoms with Gasteiger partial charge in [-0.3, -0.25) is 19.4 Å². The van der Waals surface area contributed by atoms with Crippen LogP contribution < -0.4 is 15.1 Å². The molecular weight excluding hydrogens is 781 g/mol. The van der Waals surface area contributed by atoms with E-state index in [1.165, 1.54) is 21.1 Å². The molecule has 2 aromatic carbocycles. The van der Waals surface area contributed by atoms with E-state index < -0.39 is 57.2 Å². The molecular formula is C46H55BN3O9S. The van der Waals surface area contributed by atoms with E-state index in [-0.39, 0.29) is 12.0 Å². The first-order valence-corrected chi connectivity index (χ1v) is 21.9. The Bertz CT molecular complexity index is 2300. The molecule has 1 N–H and O–H groups in total. The van der Waals surface area contributed by atoms with E-state index in [4.69, 9.17) is 36.3 Å². The topological polar surface area (TPSA) is 131 Å². The quantitative estimate of drug-likeness (QED) is 0.105. The smallest absolute Gasteiger partial charge is 0.347 e. The molecule has 7 aliphatic heterocycles. The summed E-state index contributed by atoms with van der Waals surface area (Å²) >= 11 is 4.77. The summed E-state index contributed by atoms with van der Waals surface area (Å²) in [5, 5.41) is 12.0. The van der Waals surface area contributed by atoms with Gasteiger partial charge in [0.25, 0.3) is 5.60 Å². The van der Waals surface area contributed by atoms with Gasteiger partial charge in [-0.05, 0) is 85.9 Å². The maximum atomic E-state index is 15.4. The van der Waals surface area contributed by atoms with E-state index >= 15 is 4.79 Å². The van der Waals surface area contributed by atoms with E-state index in [9.17, 15) is 14.7 Å². The lowest BCUT2D eigenvalue weighted by atomic mass is 9.48. The fourth-order valence-corrected chi connectivity index (χ4v) is 14.3. The largest absolute Gasteiger partial charge is 0.496 e. The van der Waals surface area contributed by atoms with Crippen LogP contribution in [0.25, 0.3) is 5.57 Å². The minimum absolute atomic E-state index is 0.0755. The van der Waals surface area contributed by atoms with Crippen LogP contribution in [0, 0.1) is 11.3 Å². The third-order valence-electron chi connectivity index (χ3n) is 16.2. The second-order valence-corrected chi connectivity index (χ2v) is 19.1. The Balaban J connectivity index is 1.27. The van der Waals surface area contributed by atoms with Gasteiger partial charge in [0.2, 0.25) is 0 Å². The minimum atomic E-state index is -1.66. The highest BCUT2D eigenvalue weighted by Crippen LogP contribution is 2.80. The molecule has 7 heterocycles. The first-order valence-electron chi connectivity index (χ1n) is 21.5. The Kier molecular flexibility index (Phi) is 8.96. The summed E-state index contributed by atoms with van der Waals surface area (Å²) in [6.07, 6.45) is 6.65. The number of aliphatic hydroxyl groups is 1. The first kappa shape index (κ1) is 40.3. The molecule has 2 aromatic rings. The number of piperidine rings is 1. The molecule has 60 heavy (non-hydrogen) atoms. The summed E-state index contributed by atoms with van der Waals surface area (Å²) < 4.78 is 31.5. The van der Waals surface area contributed by atoms with E-state index in [1.807, 2.05) is 31.0 Å². The number of epoxide rings is 1.